The maximum Gasteiger partial charge on any atom is 0.172 e. The monoisotopic (exact) mass is 491 g/mol. The van der Waals surface area contributed by atoms with E-state index in [-0.39, 0.29) is 27.3 Å². The predicted octanol–water partition coefficient (Wildman–Crippen LogP) is 0.373. The van der Waals surface area contributed by atoms with Crippen molar-refractivity contribution in [2.75, 3.05) is 0 Å². The molecule has 10 radical (unpaired) electrons. The Kier molecular flexibility index (Phi) is 5.10. The van der Waals surface area contributed by atoms with Gasteiger partial charge in [-0.2, -0.15) is 0 Å². The SMILES string of the molecule is [B]c1c([B])c([B])c(-n2c3ccccc3c3cc4c(cc32)-c2ccccc2P4(=O)c2ccccc2)c([B])c1[B]. The Morgan fingerprint density at radius 1 is 0.526 bits per heavy atom. The fraction of sp³-hybridized carbons (Fsp3) is 0. The Morgan fingerprint density at radius 3 is 1.87 bits per heavy atom. The summed E-state index contributed by atoms with van der Waals surface area (Å²) < 4.78 is 17.0. The fourth-order valence-corrected chi connectivity index (χ4v) is 8.89. The van der Waals surface area contributed by atoms with E-state index < -0.39 is 7.14 Å². The second kappa shape index (κ2) is 8.22. The first-order valence-corrected chi connectivity index (χ1v) is 13.9. The molecule has 1 atom stereocenters. The van der Waals surface area contributed by atoms with Crippen LogP contribution in [0.5, 0.6) is 0 Å². The maximum absolute atomic E-state index is 15.1. The van der Waals surface area contributed by atoms with Crippen molar-refractivity contribution < 1.29 is 4.57 Å². The summed E-state index contributed by atoms with van der Waals surface area (Å²) in [5.41, 5.74) is 5.14. The van der Waals surface area contributed by atoms with Gasteiger partial charge < -0.3 is 9.13 Å². The minimum absolute atomic E-state index is 0.170. The van der Waals surface area contributed by atoms with Crippen molar-refractivity contribution in [2.45, 2.75) is 0 Å². The van der Waals surface area contributed by atoms with Crippen molar-refractivity contribution in [1.82, 2.24) is 4.57 Å². The Labute approximate surface area is 227 Å². The Morgan fingerprint density at radius 2 is 1.13 bits per heavy atom. The molecule has 0 amide bonds. The fourth-order valence-electron chi connectivity index (χ4n) is 5.82. The van der Waals surface area contributed by atoms with Gasteiger partial charge in [-0.3, -0.25) is 0 Å². The van der Waals surface area contributed by atoms with Crippen LogP contribution in [0, 0.1) is 0 Å². The molecule has 0 N–H and O–H groups in total. The third-order valence-corrected chi connectivity index (χ3v) is 10.8. The number of nitrogens with zero attached hydrogens (tertiary/aromatic N) is 1. The van der Waals surface area contributed by atoms with Crippen molar-refractivity contribution in [3.63, 3.8) is 0 Å². The van der Waals surface area contributed by atoms with Gasteiger partial charge in [-0.25, -0.2) is 0 Å². The van der Waals surface area contributed by atoms with Gasteiger partial charge in [0.1, 0.15) is 39.2 Å². The van der Waals surface area contributed by atoms with E-state index >= 15 is 4.57 Å². The number of rotatable bonds is 2. The molecule has 0 fully saturated rings. The first kappa shape index (κ1) is 23.6. The van der Waals surface area contributed by atoms with Gasteiger partial charge in [-0.05, 0) is 29.3 Å². The molecule has 5 aromatic carbocycles. The molecule has 0 saturated carbocycles. The summed E-state index contributed by atoms with van der Waals surface area (Å²) in [7, 11) is 28.6. The smallest absolute Gasteiger partial charge is 0.172 e. The summed E-state index contributed by atoms with van der Waals surface area (Å²) in [6.45, 7) is 0. The minimum Gasteiger partial charge on any atom is -0.310 e. The third kappa shape index (κ3) is 2.94. The van der Waals surface area contributed by atoms with Crippen LogP contribution >= 0.6 is 7.14 Å². The van der Waals surface area contributed by atoms with E-state index in [1.54, 1.807) is 0 Å². The zero-order valence-electron chi connectivity index (χ0n) is 20.3. The van der Waals surface area contributed by atoms with Gasteiger partial charge in [0, 0.05) is 32.4 Å². The molecule has 0 spiro atoms. The van der Waals surface area contributed by atoms with Crippen LogP contribution in [-0.2, 0) is 4.57 Å². The third-order valence-electron chi connectivity index (χ3n) is 7.68. The normalized spacial score (nSPS) is 16.1. The standard InChI is InChI=1S/C30H15B5NOP/c31-25-26(32)28(34)30(29(35)27(25)33)36-21-12-6-4-10-17(21)19-15-24-20(14-22(19)36)18-11-5-7-13-23(18)38(24,37)16-8-2-1-3-9-16/h1-15H. The van der Waals surface area contributed by atoms with E-state index in [9.17, 15) is 0 Å². The molecular formula is C30H15B5NOP. The molecule has 7 rings (SSSR count). The Bertz CT molecular complexity index is 1990. The number of aromatic nitrogens is 1. The van der Waals surface area contributed by atoms with Crippen molar-refractivity contribution in [3.8, 4) is 16.8 Å². The lowest BCUT2D eigenvalue weighted by Gasteiger charge is -2.23. The maximum atomic E-state index is 15.1. The van der Waals surface area contributed by atoms with Gasteiger partial charge >= 0.3 is 0 Å². The van der Waals surface area contributed by atoms with Crippen molar-refractivity contribution in [2.24, 2.45) is 0 Å². The molecule has 0 bridgehead atoms. The van der Waals surface area contributed by atoms with Crippen LogP contribution in [0.2, 0.25) is 0 Å². The molecule has 6 aromatic rings. The summed E-state index contributed by atoms with van der Waals surface area (Å²) in [5.74, 6) is 0. The molecule has 1 aliphatic rings. The zero-order chi connectivity index (χ0) is 26.3. The number of benzene rings is 5. The van der Waals surface area contributed by atoms with Crippen LogP contribution in [0.1, 0.15) is 0 Å². The first-order chi connectivity index (χ1) is 18.3. The van der Waals surface area contributed by atoms with E-state index in [4.69, 9.17) is 39.2 Å². The van der Waals surface area contributed by atoms with Gasteiger partial charge in [-0.1, -0.05) is 83.7 Å². The summed E-state index contributed by atoms with van der Waals surface area (Å²) in [6, 6.07) is 29.7. The minimum atomic E-state index is -3.10. The van der Waals surface area contributed by atoms with Crippen molar-refractivity contribution in [1.29, 1.82) is 0 Å². The van der Waals surface area contributed by atoms with Crippen LogP contribution in [0.4, 0.5) is 0 Å². The largest absolute Gasteiger partial charge is 0.310 e. The lowest BCUT2D eigenvalue weighted by atomic mass is 9.61. The molecule has 0 aliphatic carbocycles. The second-order valence-electron chi connectivity index (χ2n) is 9.62. The quantitative estimate of drug-likeness (QED) is 0.254. The molecule has 8 heteroatoms. The summed E-state index contributed by atoms with van der Waals surface area (Å²) in [6.07, 6.45) is 0. The average molecular weight is 490 g/mol. The summed E-state index contributed by atoms with van der Waals surface area (Å²) in [4.78, 5) is 0. The van der Waals surface area contributed by atoms with Gasteiger partial charge in [0.2, 0.25) is 0 Å². The van der Waals surface area contributed by atoms with Gasteiger partial charge in [-0.15, -0.1) is 16.4 Å². The van der Waals surface area contributed by atoms with Gasteiger partial charge in [0.15, 0.2) is 7.14 Å². The molecular weight excluding hydrogens is 475 g/mol. The van der Waals surface area contributed by atoms with Crippen LogP contribution in [0.15, 0.2) is 91.0 Å². The number of para-hydroxylation sites is 1. The van der Waals surface area contributed by atoms with Crippen LogP contribution in [0.3, 0.4) is 0 Å². The highest BCUT2D eigenvalue weighted by Crippen LogP contribution is 2.53. The topological polar surface area (TPSA) is 22.0 Å². The lowest BCUT2D eigenvalue weighted by molar-refractivity contribution is 0.593. The molecule has 2 heterocycles. The molecule has 0 saturated heterocycles. The van der Waals surface area contributed by atoms with E-state index in [1.165, 1.54) is 0 Å². The van der Waals surface area contributed by atoms with Crippen LogP contribution in [-0.4, -0.2) is 43.8 Å². The van der Waals surface area contributed by atoms with Gasteiger partial charge in [0.25, 0.3) is 0 Å². The number of fused-ring (bicyclic) bond motifs is 6. The molecule has 1 aromatic heterocycles. The van der Waals surface area contributed by atoms with E-state index in [2.05, 4.69) is 12.1 Å². The lowest BCUT2D eigenvalue weighted by Crippen LogP contribution is -2.56. The van der Waals surface area contributed by atoms with Crippen LogP contribution in [0.25, 0.3) is 38.6 Å². The molecule has 166 valence electrons. The van der Waals surface area contributed by atoms with Gasteiger partial charge in [0.05, 0.1) is 11.0 Å². The van der Waals surface area contributed by atoms with E-state index in [0.29, 0.717) is 5.69 Å². The van der Waals surface area contributed by atoms with E-state index in [1.807, 2.05) is 83.4 Å². The van der Waals surface area contributed by atoms with Crippen LogP contribution < -0.4 is 43.2 Å². The average Bonchev–Trinajstić information content (AvgIpc) is 3.41. The second-order valence-corrected chi connectivity index (χ2v) is 12.3. The predicted molar refractivity (Wildman–Crippen MR) is 166 cm³/mol. The van der Waals surface area contributed by atoms with Crippen molar-refractivity contribution in [3.05, 3.63) is 91.0 Å². The highest BCUT2D eigenvalue weighted by atomic mass is 31.2. The summed E-state index contributed by atoms with van der Waals surface area (Å²) in [5, 5.41) is 4.36. The highest BCUT2D eigenvalue weighted by molar-refractivity contribution is 7.86. The molecule has 2 nitrogen and oxygen atoms in total. The zero-order valence-corrected chi connectivity index (χ0v) is 21.2. The summed E-state index contributed by atoms with van der Waals surface area (Å²) >= 11 is 0. The molecule has 38 heavy (non-hydrogen) atoms. The number of hydrogen-bond donors (Lipinski definition) is 0. The molecule has 1 aliphatic heterocycles. The van der Waals surface area contributed by atoms with Crippen molar-refractivity contribution >= 4 is 111 Å². The van der Waals surface area contributed by atoms with E-state index in [0.717, 1.165) is 48.8 Å². The molecule has 1 unspecified atom stereocenters. The highest BCUT2D eigenvalue weighted by Gasteiger charge is 2.40. The number of hydrogen-bond acceptors (Lipinski definition) is 1. The Balaban J connectivity index is 1.66. The first-order valence-electron chi connectivity index (χ1n) is 12.2. The Hall–Kier alpha value is -3.55.